The van der Waals surface area contributed by atoms with Crippen molar-refractivity contribution in [3.8, 4) is 0 Å². The monoisotopic (exact) mass is 585 g/mol. The van der Waals surface area contributed by atoms with Crippen molar-refractivity contribution in [1.82, 2.24) is 15.0 Å². The van der Waals surface area contributed by atoms with E-state index in [0.717, 1.165) is 12.8 Å². The van der Waals surface area contributed by atoms with Crippen LogP contribution in [0.1, 0.15) is 116 Å². The van der Waals surface area contributed by atoms with Crippen LogP contribution >= 0.6 is 0 Å². The van der Waals surface area contributed by atoms with E-state index in [2.05, 4.69) is 21.9 Å². The molecular weight excluding hydrogens is 528 g/mol. The van der Waals surface area contributed by atoms with Crippen molar-refractivity contribution < 1.29 is 27.3 Å². The van der Waals surface area contributed by atoms with Gasteiger partial charge >= 0.3 is 6.09 Å². The molecule has 1 aromatic heterocycles. The van der Waals surface area contributed by atoms with Gasteiger partial charge in [0.25, 0.3) is 0 Å². The van der Waals surface area contributed by atoms with Crippen LogP contribution in [0, 0.1) is 0 Å². The normalized spacial score (nSPS) is 12.3. The van der Waals surface area contributed by atoms with E-state index in [0.29, 0.717) is 19.5 Å². The van der Waals surface area contributed by atoms with E-state index in [-0.39, 0.29) is 18.9 Å². The van der Waals surface area contributed by atoms with Gasteiger partial charge in [-0.3, -0.25) is 4.98 Å². The molecule has 1 rings (SSSR count). The van der Waals surface area contributed by atoms with Gasteiger partial charge in [0.2, 0.25) is 10.0 Å². The van der Waals surface area contributed by atoms with E-state index in [1.54, 1.807) is 24.8 Å². The third-order valence-corrected chi connectivity index (χ3v) is 8.51. The summed E-state index contributed by atoms with van der Waals surface area (Å²) in [6.45, 7) is 3.46. The molecule has 0 spiro atoms. The number of sulfonamides is 1. The zero-order valence-corrected chi connectivity index (χ0v) is 26.1. The molecule has 0 aliphatic rings. The number of hydrogen-bond donors (Lipinski definition) is 2. The van der Waals surface area contributed by atoms with Gasteiger partial charge in [0.1, 0.15) is 19.3 Å². The Bertz CT molecular complexity index is 827. The maximum absolute atomic E-state index is 12.3. The first-order valence-corrected chi connectivity index (χ1v) is 17.3. The van der Waals surface area contributed by atoms with Crippen LogP contribution in [0.25, 0.3) is 0 Å². The van der Waals surface area contributed by atoms with Crippen LogP contribution in [0.4, 0.5) is 4.79 Å². The van der Waals surface area contributed by atoms with Gasteiger partial charge in [-0.2, -0.15) is 0 Å². The highest BCUT2D eigenvalue weighted by Gasteiger charge is 2.17. The summed E-state index contributed by atoms with van der Waals surface area (Å²) in [7, 11) is -1.98. The van der Waals surface area contributed by atoms with E-state index in [4.69, 9.17) is 9.47 Å². The number of carbonyl (C=O) groups is 1. The summed E-state index contributed by atoms with van der Waals surface area (Å²) >= 11 is 0. The van der Waals surface area contributed by atoms with Crippen molar-refractivity contribution in [2.24, 2.45) is 0 Å². The minimum atomic E-state index is -3.45. The number of hydrogen-bond acceptors (Lipinski definition) is 6. The van der Waals surface area contributed by atoms with Gasteiger partial charge in [-0.05, 0) is 6.42 Å². The first-order valence-electron chi connectivity index (χ1n) is 15.7. The molecule has 2 N–H and O–H groups in total. The molecule has 0 aliphatic heterocycles. The number of nitrogens with one attached hydrogen (secondary N) is 2. The van der Waals surface area contributed by atoms with E-state index in [1.807, 2.05) is 4.57 Å². The predicted molar refractivity (Wildman–Crippen MR) is 161 cm³/mol. The van der Waals surface area contributed by atoms with Gasteiger partial charge in [0, 0.05) is 26.6 Å². The summed E-state index contributed by atoms with van der Waals surface area (Å²) in [6.07, 6.45) is 27.4. The second kappa shape index (κ2) is 25.0. The minimum Gasteiger partial charge on any atom is -0.447 e. The Morgan fingerprint density at radius 2 is 1.35 bits per heavy atom. The van der Waals surface area contributed by atoms with Crippen molar-refractivity contribution in [2.75, 3.05) is 32.6 Å². The third kappa shape index (κ3) is 22.0. The maximum Gasteiger partial charge on any atom is 0.407 e. The van der Waals surface area contributed by atoms with E-state index in [1.165, 1.54) is 97.0 Å². The van der Waals surface area contributed by atoms with E-state index >= 15 is 0 Å². The second-order valence-electron chi connectivity index (χ2n) is 10.7. The van der Waals surface area contributed by atoms with Crippen LogP contribution < -0.4 is 14.6 Å². The first-order chi connectivity index (χ1) is 19.5. The molecule has 0 aliphatic carbocycles. The highest BCUT2D eigenvalue weighted by atomic mass is 32.2. The van der Waals surface area contributed by atoms with Gasteiger partial charge in [-0.15, -0.1) is 0 Å². The number of alkyl carbamates (subject to hydrolysis) is 1. The maximum atomic E-state index is 12.3. The van der Waals surface area contributed by atoms with Gasteiger partial charge < -0.3 is 14.8 Å². The topological polar surface area (TPSA) is 110 Å². The quantitative estimate of drug-likeness (QED) is 0.102. The molecule has 1 amide bonds. The fourth-order valence-corrected chi connectivity index (χ4v) is 5.61. The molecule has 0 saturated carbocycles. The summed E-state index contributed by atoms with van der Waals surface area (Å²) in [6, 6.07) is 0. The van der Waals surface area contributed by atoms with Gasteiger partial charge in [0.15, 0.2) is 12.4 Å². The average molecular weight is 586 g/mol. The number of rotatable bonds is 27. The highest BCUT2D eigenvalue weighted by Crippen LogP contribution is 2.13. The number of carbonyl (C=O) groups excluding carboxylic acids is 1. The lowest BCUT2D eigenvalue weighted by molar-refractivity contribution is -0.697. The van der Waals surface area contributed by atoms with E-state index in [9.17, 15) is 13.2 Å². The molecule has 40 heavy (non-hydrogen) atoms. The van der Waals surface area contributed by atoms with Crippen LogP contribution in [-0.4, -0.2) is 58.2 Å². The fraction of sp³-hybridized carbons (Fsp3) is 0.833. The number of methoxy groups -OCH3 is 1. The zero-order valence-electron chi connectivity index (χ0n) is 25.3. The van der Waals surface area contributed by atoms with Crippen molar-refractivity contribution >= 4 is 16.1 Å². The largest absolute Gasteiger partial charge is 0.447 e. The van der Waals surface area contributed by atoms with Crippen LogP contribution in [0.15, 0.2) is 24.8 Å². The smallest absolute Gasteiger partial charge is 0.407 e. The lowest BCUT2D eigenvalue weighted by Crippen LogP contribution is -2.39. The number of aryl methyl sites for hydroxylation is 1. The van der Waals surface area contributed by atoms with Crippen LogP contribution in [0.3, 0.4) is 0 Å². The molecule has 0 aromatic carbocycles. The third-order valence-electron chi connectivity index (χ3n) is 7.08. The minimum absolute atomic E-state index is 0.000586. The summed E-state index contributed by atoms with van der Waals surface area (Å²) in [5.74, 6) is -0.000586. The number of aromatic nitrogens is 2. The Kier molecular flexibility index (Phi) is 22.6. The number of nitrogens with zero attached hydrogens (tertiary/aromatic N) is 2. The van der Waals surface area contributed by atoms with Crippen molar-refractivity contribution in [1.29, 1.82) is 0 Å². The number of unbranched alkanes of at least 4 members (excludes halogenated alkanes) is 15. The number of amides is 1. The molecular formula is C30H57N4O5S+. The fourth-order valence-electron chi connectivity index (χ4n) is 4.52. The van der Waals surface area contributed by atoms with Crippen LogP contribution in [0.5, 0.6) is 0 Å². The van der Waals surface area contributed by atoms with Gasteiger partial charge in [0.05, 0.1) is 18.1 Å². The van der Waals surface area contributed by atoms with Crippen LogP contribution in [0.2, 0.25) is 0 Å². The molecule has 1 aromatic rings. The lowest BCUT2D eigenvalue weighted by Gasteiger charge is -2.16. The van der Waals surface area contributed by atoms with Gasteiger partial charge in [-0.25, -0.2) is 22.5 Å². The molecule has 1 unspecified atom stereocenters. The second-order valence-corrected chi connectivity index (χ2v) is 12.6. The Labute approximate surface area is 244 Å². The Morgan fingerprint density at radius 1 is 0.825 bits per heavy atom. The Hall–Kier alpha value is -1.78. The summed E-state index contributed by atoms with van der Waals surface area (Å²) in [4.78, 5) is 15.9. The zero-order chi connectivity index (χ0) is 29.2. The molecule has 1 atom stereocenters. The molecule has 1 heterocycles. The van der Waals surface area contributed by atoms with Crippen molar-refractivity contribution in [3.63, 3.8) is 0 Å². The molecule has 0 saturated heterocycles. The average Bonchev–Trinajstić information content (AvgIpc) is 2.95. The number of ether oxygens (including phenoxy) is 2. The summed E-state index contributed by atoms with van der Waals surface area (Å²) in [5.41, 5.74) is 0. The van der Waals surface area contributed by atoms with Crippen molar-refractivity contribution in [3.05, 3.63) is 24.8 Å². The van der Waals surface area contributed by atoms with Gasteiger partial charge in [-0.1, -0.05) is 103 Å². The Morgan fingerprint density at radius 3 is 1.88 bits per heavy atom. The summed E-state index contributed by atoms with van der Waals surface area (Å²) in [5, 5.41) is 2.77. The highest BCUT2D eigenvalue weighted by molar-refractivity contribution is 7.89. The molecule has 0 bridgehead atoms. The van der Waals surface area contributed by atoms with Crippen molar-refractivity contribution in [2.45, 2.75) is 129 Å². The molecule has 0 radical (unpaired) electrons. The van der Waals surface area contributed by atoms with Crippen LogP contribution in [-0.2, 0) is 26.0 Å². The first kappa shape index (κ1) is 36.2. The lowest BCUT2D eigenvalue weighted by atomic mass is 10.0. The predicted octanol–water partition coefficient (Wildman–Crippen LogP) is 5.68. The molecule has 232 valence electrons. The Balaban J connectivity index is 1.94. The molecule has 10 heteroatoms. The molecule has 0 fully saturated rings. The molecule has 9 nitrogen and oxygen atoms in total. The standard InChI is InChI=1S/C30H56N4O5S/c1-3-4-5-6-7-8-9-10-11-12-13-14-15-16-17-18-20-32-30(35)39-28-29(38-2)27-33-40(36,37)26-19-23-34-24-21-31-22-25-34/h21-22,24-25,29,33H,3-20,23,26-28H2,1-2H3/p+1. The summed E-state index contributed by atoms with van der Waals surface area (Å²) < 4.78 is 39.4. The SMILES string of the molecule is CCCCCCCCCCCCCCCCCCNC(=O)OCC(CNS(=O)(=O)CCC[n+]1ccncc1)OC. The van der Waals surface area contributed by atoms with E-state index < -0.39 is 22.2 Å².